The summed E-state index contributed by atoms with van der Waals surface area (Å²) >= 11 is 0. The van der Waals surface area contributed by atoms with Crippen LogP contribution in [-0.4, -0.2) is 68.3 Å². The second-order valence-electron chi connectivity index (χ2n) is 9.57. The lowest BCUT2D eigenvalue weighted by molar-refractivity contribution is 0.186. The molecule has 0 atom stereocenters. The van der Waals surface area contributed by atoms with E-state index < -0.39 is 0 Å². The van der Waals surface area contributed by atoms with Crippen molar-refractivity contribution >= 4 is 22.1 Å². The molecule has 0 saturated carbocycles. The number of benzene rings is 1. The molecule has 3 N–H and O–H groups in total. The molecule has 0 spiro atoms. The molecule has 1 aromatic carbocycles. The van der Waals surface area contributed by atoms with Crippen molar-refractivity contribution in [3.8, 4) is 22.6 Å². The molecule has 1 aliphatic heterocycles. The zero-order chi connectivity index (χ0) is 24.5. The molecule has 1 saturated heterocycles. The molecule has 184 valence electrons. The Hall–Kier alpha value is -3.66. The van der Waals surface area contributed by atoms with Gasteiger partial charge >= 0.3 is 0 Å². The summed E-state index contributed by atoms with van der Waals surface area (Å²) in [6.45, 7) is 3.61. The van der Waals surface area contributed by atoms with Crippen molar-refractivity contribution in [1.29, 1.82) is 0 Å². The van der Waals surface area contributed by atoms with E-state index in [1.54, 1.807) is 7.11 Å². The number of hydrogen-bond donors (Lipinski definition) is 3. The van der Waals surface area contributed by atoms with Gasteiger partial charge < -0.3 is 19.9 Å². The van der Waals surface area contributed by atoms with Crippen LogP contribution in [-0.2, 0) is 17.9 Å². The zero-order valence-corrected chi connectivity index (χ0v) is 20.6. The number of para-hydroxylation sites is 1. The van der Waals surface area contributed by atoms with Crippen molar-refractivity contribution in [1.82, 2.24) is 40.3 Å². The van der Waals surface area contributed by atoms with E-state index in [-0.39, 0.29) is 0 Å². The van der Waals surface area contributed by atoms with Gasteiger partial charge in [0.1, 0.15) is 5.69 Å². The van der Waals surface area contributed by atoms with Gasteiger partial charge in [-0.25, -0.2) is 9.97 Å². The molecule has 36 heavy (non-hydrogen) atoms. The average Bonchev–Trinajstić information content (AvgIpc) is 3.53. The van der Waals surface area contributed by atoms with Crippen molar-refractivity contribution in [2.45, 2.75) is 32.0 Å². The Labute approximate surface area is 209 Å². The first-order valence-electron chi connectivity index (χ1n) is 12.3. The summed E-state index contributed by atoms with van der Waals surface area (Å²) in [7, 11) is 3.88. The standard InChI is InChI=1S/C27H30N8O/c1-35-8-6-21(7-9-35)29-13-17-10-19(14-28-12-17)20-11-22-25(33-34-26(22)30-15-20)27-31-23-5-3-4-18(16-36-2)24(23)32-27/h3-5,10-12,14-15,21,29H,6-9,13,16H2,1-2H3,(H,31,32)(H,30,33,34). The molecule has 6 rings (SSSR count). The summed E-state index contributed by atoms with van der Waals surface area (Å²) in [6.07, 6.45) is 8.05. The maximum atomic E-state index is 5.34. The number of likely N-dealkylation sites (tertiary alicyclic amines) is 1. The molecule has 1 aliphatic rings. The van der Waals surface area contributed by atoms with Gasteiger partial charge in [-0.05, 0) is 56.7 Å². The molecule has 0 radical (unpaired) electrons. The van der Waals surface area contributed by atoms with Crippen LogP contribution in [0.2, 0.25) is 0 Å². The molecule has 5 aromatic rings. The Morgan fingerprint density at radius 1 is 1.11 bits per heavy atom. The second-order valence-corrected chi connectivity index (χ2v) is 9.57. The van der Waals surface area contributed by atoms with E-state index in [0.29, 0.717) is 18.3 Å². The third-order valence-electron chi connectivity index (χ3n) is 6.98. The first-order valence-corrected chi connectivity index (χ1v) is 12.3. The number of nitrogens with one attached hydrogen (secondary N) is 3. The maximum absolute atomic E-state index is 5.34. The van der Waals surface area contributed by atoms with Crippen molar-refractivity contribution in [2.24, 2.45) is 0 Å². The fraction of sp³-hybridized carbons (Fsp3) is 0.333. The highest BCUT2D eigenvalue weighted by Crippen LogP contribution is 2.30. The maximum Gasteiger partial charge on any atom is 0.181 e. The number of ether oxygens (including phenoxy) is 1. The fourth-order valence-corrected chi connectivity index (χ4v) is 4.94. The van der Waals surface area contributed by atoms with Crippen LogP contribution in [0, 0.1) is 0 Å². The Morgan fingerprint density at radius 3 is 2.83 bits per heavy atom. The topological polar surface area (TPSA) is 108 Å². The van der Waals surface area contributed by atoms with Gasteiger partial charge in [0.05, 0.1) is 23.0 Å². The van der Waals surface area contributed by atoms with Crippen molar-refractivity contribution < 1.29 is 4.74 Å². The third-order valence-corrected chi connectivity index (χ3v) is 6.98. The van der Waals surface area contributed by atoms with Gasteiger partial charge in [0.2, 0.25) is 0 Å². The van der Waals surface area contributed by atoms with Crippen LogP contribution >= 0.6 is 0 Å². The molecule has 9 heteroatoms. The normalized spacial score (nSPS) is 15.3. The lowest BCUT2D eigenvalue weighted by atomic mass is 10.0. The van der Waals surface area contributed by atoms with Crippen LogP contribution in [0.15, 0.2) is 48.9 Å². The number of pyridine rings is 2. The minimum absolute atomic E-state index is 0.507. The summed E-state index contributed by atoms with van der Waals surface area (Å²) in [5, 5.41) is 12.2. The van der Waals surface area contributed by atoms with Crippen LogP contribution in [0.3, 0.4) is 0 Å². The summed E-state index contributed by atoms with van der Waals surface area (Å²) in [5.74, 6) is 0.726. The van der Waals surface area contributed by atoms with Gasteiger partial charge in [-0.2, -0.15) is 5.10 Å². The second kappa shape index (κ2) is 9.77. The summed E-state index contributed by atoms with van der Waals surface area (Å²) in [4.78, 5) is 19.8. The van der Waals surface area contributed by atoms with Crippen LogP contribution < -0.4 is 5.32 Å². The molecule has 0 aliphatic carbocycles. The lowest BCUT2D eigenvalue weighted by Gasteiger charge is -2.29. The predicted octanol–water partition coefficient (Wildman–Crippen LogP) is 3.89. The van der Waals surface area contributed by atoms with Crippen LogP contribution in [0.25, 0.3) is 44.7 Å². The third kappa shape index (κ3) is 4.48. The van der Waals surface area contributed by atoms with Gasteiger partial charge in [-0.15, -0.1) is 0 Å². The number of rotatable bonds is 7. The van der Waals surface area contributed by atoms with Crippen LogP contribution in [0.4, 0.5) is 0 Å². The van der Waals surface area contributed by atoms with Gasteiger partial charge in [-0.1, -0.05) is 12.1 Å². The summed E-state index contributed by atoms with van der Waals surface area (Å²) < 4.78 is 5.34. The van der Waals surface area contributed by atoms with Gasteiger partial charge in [0.15, 0.2) is 11.5 Å². The number of hydrogen-bond acceptors (Lipinski definition) is 7. The Bertz CT molecular complexity index is 1500. The number of aromatic nitrogens is 6. The number of nitrogens with zero attached hydrogens (tertiary/aromatic N) is 5. The number of imidazole rings is 1. The Kier molecular flexibility index (Phi) is 6.18. The first-order chi connectivity index (χ1) is 17.7. The van der Waals surface area contributed by atoms with Crippen molar-refractivity contribution in [3.63, 3.8) is 0 Å². The molecule has 4 aromatic heterocycles. The number of H-pyrrole nitrogens is 2. The van der Waals surface area contributed by atoms with E-state index >= 15 is 0 Å². The quantitative estimate of drug-likeness (QED) is 0.323. The molecule has 0 unspecified atom stereocenters. The average molecular weight is 483 g/mol. The monoisotopic (exact) mass is 482 g/mol. The summed E-state index contributed by atoms with van der Waals surface area (Å²) in [5.41, 5.74) is 7.56. The highest BCUT2D eigenvalue weighted by atomic mass is 16.5. The molecule has 0 bridgehead atoms. The van der Waals surface area contributed by atoms with Gasteiger partial charge in [-0.3, -0.25) is 10.1 Å². The largest absolute Gasteiger partial charge is 0.380 e. The van der Waals surface area contributed by atoms with Crippen molar-refractivity contribution in [2.75, 3.05) is 27.2 Å². The zero-order valence-electron chi connectivity index (χ0n) is 20.6. The highest BCUT2D eigenvalue weighted by molar-refractivity contribution is 5.93. The van der Waals surface area contributed by atoms with Crippen LogP contribution in [0.1, 0.15) is 24.0 Å². The number of methoxy groups -OCH3 is 1. The molecular formula is C27H30N8O. The van der Waals surface area contributed by atoms with Gasteiger partial charge in [0.25, 0.3) is 0 Å². The summed E-state index contributed by atoms with van der Waals surface area (Å²) in [6, 6.07) is 10.9. The van der Waals surface area contributed by atoms with E-state index in [1.165, 1.54) is 18.4 Å². The molecule has 9 nitrogen and oxygen atoms in total. The fourth-order valence-electron chi connectivity index (χ4n) is 4.94. The van der Waals surface area contributed by atoms with Gasteiger partial charge in [0, 0.05) is 55.0 Å². The molecule has 0 amide bonds. The van der Waals surface area contributed by atoms with E-state index in [0.717, 1.165) is 64.3 Å². The lowest BCUT2D eigenvalue weighted by Crippen LogP contribution is -2.40. The Balaban J connectivity index is 1.28. The number of piperidine rings is 1. The molecular weight excluding hydrogens is 452 g/mol. The van der Waals surface area contributed by atoms with E-state index in [1.807, 2.05) is 36.8 Å². The smallest absolute Gasteiger partial charge is 0.181 e. The van der Waals surface area contributed by atoms with Crippen LogP contribution in [0.5, 0.6) is 0 Å². The minimum atomic E-state index is 0.507. The molecule has 5 heterocycles. The number of aromatic amines is 2. The van der Waals surface area contributed by atoms with E-state index in [4.69, 9.17) is 9.72 Å². The Morgan fingerprint density at radius 2 is 1.97 bits per heavy atom. The SMILES string of the molecule is COCc1cccc2[nH]c(-c3[nH]nc4ncc(-c5cncc(CNC6CCN(C)CC6)c5)cc34)nc12. The minimum Gasteiger partial charge on any atom is -0.380 e. The van der Waals surface area contributed by atoms with E-state index in [9.17, 15) is 0 Å². The predicted molar refractivity (Wildman–Crippen MR) is 140 cm³/mol. The first kappa shape index (κ1) is 22.8. The highest BCUT2D eigenvalue weighted by Gasteiger charge is 2.17. The number of fused-ring (bicyclic) bond motifs is 2. The van der Waals surface area contributed by atoms with E-state index in [2.05, 4.69) is 54.5 Å². The molecule has 1 fully saturated rings. The van der Waals surface area contributed by atoms with Crippen molar-refractivity contribution in [3.05, 3.63) is 60.0 Å².